The van der Waals surface area contributed by atoms with E-state index in [9.17, 15) is 9.90 Å². The van der Waals surface area contributed by atoms with E-state index in [2.05, 4.69) is 46.3 Å². The smallest absolute Gasteiger partial charge is 0.224 e. The van der Waals surface area contributed by atoms with E-state index in [1.54, 1.807) is 0 Å². The van der Waals surface area contributed by atoms with E-state index in [1.165, 1.54) is 38.5 Å². The molecular weight excluding hydrogens is 495 g/mol. The minimum absolute atomic E-state index is 0. The minimum atomic E-state index is 0. The monoisotopic (exact) mass is 534 g/mol. The number of anilines is 2. The zero-order chi connectivity index (χ0) is 23.3. The Morgan fingerprint density at radius 1 is 1.00 bits per heavy atom. The quantitative estimate of drug-likeness (QED) is 0.542. The Balaban J connectivity index is 0.00000152. The van der Waals surface area contributed by atoms with Gasteiger partial charge >= 0.3 is 0 Å². The SMILES string of the molecule is Cc1ccc2nc(N3CCN(CCO)CC3)ccc2c1NC(=O)CC12CC3CC(CC(C3)C1)C2.Cl.Cl. The van der Waals surface area contributed by atoms with Crippen LogP contribution in [0.1, 0.15) is 50.5 Å². The fourth-order valence-electron chi connectivity index (χ4n) is 8.02. The molecule has 36 heavy (non-hydrogen) atoms. The van der Waals surface area contributed by atoms with Crippen molar-refractivity contribution in [3.8, 4) is 0 Å². The molecule has 1 aromatic heterocycles. The van der Waals surface area contributed by atoms with Gasteiger partial charge in [-0.05, 0) is 92.4 Å². The standard InChI is InChI=1S/C28H38N4O2.2ClH/c1-19-2-4-24-23(3-5-25(29-24)32-8-6-31(7-9-32)10-11-33)27(19)30-26(34)18-28-15-20-12-21(16-28)14-22(13-20)17-28;;/h2-5,20-22,33H,6-18H2,1H3,(H,30,34);2*1H. The van der Waals surface area contributed by atoms with Crippen molar-refractivity contribution in [1.82, 2.24) is 9.88 Å². The Morgan fingerprint density at radius 3 is 2.25 bits per heavy atom. The lowest BCUT2D eigenvalue weighted by Gasteiger charge is -2.56. The number of amides is 1. The third-order valence-electron chi connectivity index (χ3n) is 9.14. The predicted octanol–water partition coefficient (Wildman–Crippen LogP) is 5.05. The molecule has 0 radical (unpaired) electrons. The van der Waals surface area contributed by atoms with Gasteiger partial charge in [0.25, 0.3) is 0 Å². The lowest BCUT2D eigenvalue weighted by Crippen LogP contribution is -2.47. The molecule has 0 atom stereocenters. The number of aliphatic hydroxyl groups excluding tert-OH is 1. The van der Waals surface area contributed by atoms with E-state index in [1.807, 2.05) is 0 Å². The summed E-state index contributed by atoms with van der Waals surface area (Å²) in [5, 5.41) is 13.5. The molecule has 6 nitrogen and oxygen atoms in total. The Kier molecular flexibility index (Phi) is 8.40. The van der Waals surface area contributed by atoms with Crippen LogP contribution < -0.4 is 10.2 Å². The summed E-state index contributed by atoms with van der Waals surface area (Å²) in [7, 11) is 0. The summed E-state index contributed by atoms with van der Waals surface area (Å²) in [4.78, 5) is 22.9. The maximum atomic E-state index is 13.3. The molecule has 1 aliphatic heterocycles. The van der Waals surface area contributed by atoms with Crippen molar-refractivity contribution in [2.75, 3.05) is 49.5 Å². The van der Waals surface area contributed by atoms with Crippen LogP contribution >= 0.6 is 24.8 Å². The number of aliphatic hydroxyl groups is 1. The van der Waals surface area contributed by atoms with Crippen LogP contribution in [-0.4, -0.2) is 60.2 Å². The van der Waals surface area contributed by atoms with Gasteiger partial charge < -0.3 is 15.3 Å². The molecule has 4 bridgehead atoms. The Bertz CT molecular complexity index is 1050. The fourth-order valence-corrected chi connectivity index (χ4v) is 8.02. The minimum Gasteiger partial charge on any atom is -0.395 e. The summed E-state index contributed by atoms with van der Waals surface area (Å²) >= 11 is 0. The van der Waals surface area contributed by atoms with Crippen molar-refractivity contribution >= 4 is 53.1 Å². The lowest BCUT2D eigenvalue weighted by molar-refractivity contribution is -0.124. The number of pyridine rings is 1. The van der Waals surface area contributed by atoms with Crippen molar-refractivity contribution in [2.45, 2.75) is 51.9 Å². The molecule has 8 heteroatoms. The number of fused-ring (bicyclic) bond motifs is 1. The van der Waals surface area contributed by atoms with Gasteiger partial charge in [-0.3, -0.25) is 9.69 Å². The fraction of sp³-hybridized carbons (Fsp3) is 0.643. The first-order valence-corrected chi connectivity index (χ1v) is 13.3. The van der Waals surface area contributed by atoms with Gasteiger partial charge in [-0.2, -0.15) is 0 Å². The number of aryl methyl sites for hydroxylation is 1. The molecule has 5 fully saturated rings. The first kappa shape index (κ1) is 27.4. The largest absolute Gasteiger partial charge is 0.395 e. The highest BCUT2D eigenvalue weighted by Gasteiger charge is 2.51. The van der Waals surface area contributed by atoms with Gasteiger partial charge in [0.1, 0.15) is 5.82 Å². The number of carbonyl (C=O) groups is 1. The van der Waals surface area contributed by atoms with Gasteiger partial charge in [0.15, 0.2) is 0 Å². The van der Waals surface area contributed by atoms with Crippen LogP contribution in [0.3, 0.4) is 0 Å². The maximum Gasteiger partial charge on any atom is 0.224 e. The lowest BCUT2D eigenvalue weighted by atomic mass is 9.49. The van der Waals surface area contributed by atoms with Gasteiger partial charge in [0.05, 0.1) is 17.8 Å². The number of halogens is 2. The number of aromatic nitrogens is 1. The number of piperazine rings is 1. The van der Waals surface area contributed by atoms with Gasteiger partial charge in [0.2, 0.25) is 5.91 Å². The highest BCUT2D eigenvalue weighted by molar-refractivity contribution is 6.02. The van der Waals surface area contributed by atoms with E-state index in [-0.39, 0.29) is 42.7 Å². The average Bonchev–Trinajstić information content (AvgIpc) is 2.80. The highest BCUT2D eigenvalue weighted by Crippen LogP contribution is 2.61. The van der Waals surface area contributed by atoms with Crippen LogP contribution in [0.4, 0.5) is 11.5 Å². The molecule has 2 N–H and O–H groups in total. The van der Waals surface area contributed by atoms with Gasteiger partial charge in [0, 0.05) is 44.5 Å². The number of nitrogens with one attached hydrogen (secondary N) is 1. The summed E-state index contributed by atoms with van der Waals surface area (Å²) in [5.41, 5.74) is 3.21. The van der Waals surface area contributed by atoms with Crippen molar-refractivity contribution in [3.05, 3.63) is 29.8 Å². The summed E-state index contributed by atoms with van der Waals surface area (Å²) in [6.07, 6.45) is 8.69. The molecule has 1 aromatic carbocycles. The number of β-amino-alcohol motifs (C(OH)–C–C–N with tert-alkyl or cyclic N) is 1. The Labute approximate surface area is 227 Å². The molecule has 1 saturated heterocycles. The molecule has 1 amide bonds. The number of benzene rings is 1. The van der Waals surface area contributed by atoms with Crippen LogP contribution in [0.5, 0.6) is 0 Å². The van der Waals surface area contributed by atoms with E-state index >= 15 is 0 Å². The number of hydrogen-bond donors (Lipinski definition) is 2. The van der Waals surface area contributed by atoms with Crippen molar-refractivity contribution in [1.29, 1.82) is 0 Å². The number of rotatable bonds is 6. The molecule has 4 aliphatic carbocycles. The van der Waals surface area contributed by atoms with E-state index in [0.717, 1.165) is 78.4 Å². The molecule has 4 saturated carbocycles. The Hall–Kier alpha value is -1.60. The van der Waals surface area contributed by atoms with Crippen LogP contribution in [0.25, 0.3) is 10.9 Å². The van der Waals surface area contributed by atoms with E-state index < -0.39 is 0 Å². The van der Waals surface area contributed by atoms with Gasteiger partial charge in [-0.25, -0.2) is 4.98 Å². The summed E-state index contributed by atoms with van der Waals surface area (Å²) in [6.45, 7) is 6.75. The molecule has 2 aromatic rings. The predicted molar refractivity (Wildman–Crippen MR) is 151 cm³/mol. The van der Waals surface area contributed by atoms with E-state index in [4.69, 9.17) is 4.98 Å². The van der Waals surface area contributed by atoms with Crippen LogP contribution in [0, 0.1) is 30.1 Å². The van der Waals surface area contributed by atoms with E-state index in [0.29, 0.717) is 6.42 Å². The third-order valence-corrected chi connectivity index (χ3v) is 9.14. The summed E-state index contributed by atoms with van der Waals surface area (Å²) in [6, 6.07) is 8.38. The second kappa shape index (κ2) is 11.0. The van der Waals surface area contributed by atoms with Crippen LogP contribution in [0.15, 0.2) is 24.3 Å². The second-order valence-electron chi connectivity index (χ2n) is 11.7. The number of carbonyl (C=O) groups excluding carboxylic acids is 1. The second-order valence-corrected chi connectivity index (χ2v) is 11.7. The number of nitrogens with zero attached hydrogens (tertiary/aromatic N) is 3. The van der Waals surface area contributed by atoms with Crippen molar-refractivity contribution in [3.63, 3.8) is 0 Å². The third kappa shape index (κ3) is 5.33. The molecular formula is C28H40Cl2N4O2. The molecule has 2 heterocycles. The molecule has 0 spiro atoms. The summed E-state index contributed by atoms with van der Waals surface area (Å²) < 4.78 is 0. The first-order valence-electron chi connectivity index (χ1n) is 13.3. The van der Waals surface area contributed by atoms with Crippen LogP contribution in [0.2, 0.25) is 0 Å². The Morgan fingerprint density at radius 2 is 1.64 bits per heavy atom. The normalized spacial score (nSPS) is 29.1. The first-order chi connectivity index (χ1) is 16.5. The average molecular weight is 536 g/mol. The molecule has 7 rings (SSSR count). The molecule has 0 unspecified atom stereocenters. The number of hydrogen-bond acceptors (Lipinski definition) is 5. The molecule has 198 valence electrons. The van der Waals surface area contributed by atoms with Crippen LogP contribution in [-0.2, 0) is 4.79 Å². The topological polar surface area (TPSA) is 68.7 Å². The summed E-state index contributed by atoms with van der Waals surface area (Å²) in [5.74, 6) is 3.77. The van der Waals surface area contributed by atoms with Crippen molar-refractivity contribution in [2.24, 2.45) is 23.2 Å². The zero-order valence-corrected chi connectivity index (χ0v) is 22.9. The molecule has 5 aliphatic rings. The van der Waals surface area contributed by atoms with Gasteiger partial charge in [-0.15, -0.1) is 24.8 Å². The van der Waals surface area contributed by atoms with Gasteiger partial charge in [-0.1, -0.05) is 6.07 Å². The van der Waals surface area contributed by atoms with Crippen molar-refractivity contribution < 1.29 is 9.90 Å². The zero-order valence-electron chi connectivity index (χ0n) is 21.2. The maximum absolute atomic E-state index is 13.3. The highest BCUT2D eigenvalue weighted by atomic mass is 35.5.